The van der Waals surface area contributed by atoms with E-state index in [-0.39, 0.29) is 5.57 Å². The largest absolute Gasteiger partial charge is 0.497 e. The molecule has 0 atom stereocenters. The van der Waals surface area contributed by atoms with E-state index in [0.29, 0.717) is 29.4 Å². The maximum atomic E-state index is 13.1. The van der Waals surface area contributed by atoms with Crippen molar-refractivity contribution < 1.29 is 23.9 Å². The number of amides is 4. The van der Waals surface area contributed by atoms with Gasteiger partial charge in [0.25, 0.3) is 11.8 Å². The van der Waals surface area contributed by atoms with Crippen LogP contribution in [0.1, 0.15) is 11.1 Å². The second kappa shape index (κ2) is 9.76. The Hall–Kier alpha value is -4.91. The number of ether oxygens (including phenoxy) is 2. The fourth-order valence-corrected chi connectivity index (χ4v) is 4.03. The Morgan fingerprint density at radius 2 is 1.50 bits per heavy atom. The predicted molar refractivity (Wildman–Crippen MR) is 137 cm³/mol. The first kappa shape index (κ1) is 22.9. The van der Waals surface area contributed by atoms with Crippen molar-refractivity contribution in [2.45, 2.75) is 6.61 Å². The Morgan fingerprint density at radius 3 is 2.25 bits per heavy atom. The minimum Gasteiger partial charge on any atom is -0.497 e. The number of barbiturate groups is 1. The molecule has 7 heteroatoms. The molecule has 7 nitrogen and oxygen atoms in total. The molecule has 0 bridgehead atoms. The number of nitrogens with zero attached hydrogens (tertiary/aromatic N) is 1. The first-order valence-corrected chi connectivity index (χ1v) is 11.3. The number of benzene rings is 4. The standard InChI is InChI=1S/C29H22N2O5/c1-35-23-15-11-22(12-16-23)31-28(33)26(27(32)30-29(31)34)17-19-9-13-24(14-10-19)36-18-21-7-4-6-20-5-2-3-8-25(20)21/h2-17H,18H2,1H3,(H,30,32,34)/b26-17+. The van der Waals surface area contributed by atoms with E-state index in [4.69, 9.17) is 9.47 Å². The first-order chi connectivity index (χ1) is 17.5. The zero-order valence-electron chi connectivity index (χ0n) is 19.4. The summed E-state index contributed by atoms with van der Waals surface area (Å²) in [6.45, 7) is 0.404. The molecule has 0 radical (unpaired) electrons. The molecule has 0 aliphatic carbocycles. The van der Waals surface area contributed by atoms with Crippen molar-refractivity contribution in [3.63, 3.8) is 0 Å². The third-order valence-corrected chi connectivity index (χ3v) is 5.90. The number of carbonyl (C=O) groups is 3. The maximum Gasteiger partial charge on any atom is 0.335 e. The number of methoxy groups -OCH3 is 1. The fraction of sp³-hybridized carbons (Fsp3) is 0.0690. The second-order valence-electron chi connectivity index (χ2n) is 8.15. The molecule has 1 fully saturated rings. The summed E-state index contributed by atoms with van der Waals surface area (Å²) in [4.78, 5) is 38.8. The van der Waals surface area contributed by atoms with Gasteiger partial charge in [-0.25, -0.2) is 9.69 Å². The molecule has 0 saturated carbocycles. The van der Waals surface area contributed by atoms with E-state index in [9.17, 15) is 14.4 Å². The third kappa shape index (κ3) is 4.54. The van der Waals surface area contributed by atoms with Crippen LogP contribution in [0.2, 0.25) is 0 Å². The van der Waals surface area contributed by atoms with Crippen LogP contribution >= 0.6 is 0 Å². The minimum absolute atomic E-state index is 0.144. The van der Waals surface area contributed by atoms with E-state index in [1.807, 2.05) is 24.3 Å². The van der Waals surface area contributed by atoms with Crippen LogP contribution in [0.3, 0.4) is 0 Å². The van der Waals surface area contributed by atoms with Gasteiger partial charge in [0.15, 0.2) is 0 Å². The fourth-order valence-electron chi connectivity index (χ4n) is 4.03. The number of hydrogen-bond acceptors (Lipinski definition) is 5. The zero-order valence-corrected chi connectivity index (χ0v) is 19.4. The summed E-state index contributed by atoms with van der Waals surface area (Å²) >= 11 is 0. The summed E-state index contributed by atoms with van der Waals surface area (Å²) in [7, 11) is 1.52. The van der Waals surface area contributed by atoms with Gasteiger partial charge in [0.05, 0.1) is 12.8 Å². The summed E-state index contributed by atoms with van der Waals surface area (Å²) in [5, 5.41) is 4.51. The predicted octanol–water partition coefficient (Wildman–Crippen LogP) is 5.09. The van der Waals surface area contributed by atoms with Crippen molar-refractivity contribution in [1.29, 1.82) is 0 Å². The molecule has 0 spiro atoms. The van der Waals surface area contributed by atoms with Crippen LogP contribution in [-0.4, -0.2) is 25.0 Å². The summed E-state index contributed by atoms with van der Waals surface area (Å²) in [5.74, 6) is -0.214. The quantitative estimate of drug-likeness (QED) is 0.308. The van der Waals surface area contributed by atoms with Crippen LogP contribution in [0.25, 0.3) is 16.8 Å². The lowest BCUT2D eigenvalue weighted by Crippen LogP contribution is -2.54. The molecule has 1 aliphatic heterocycles. The van der Waals surface area contributed by atoms with Gasteiger partial charge in [0.2, 0.25) is 0 Å². The van der Waals surface area contributed by atoms with Gasteiger partial charge in [0.1, 0.15) is 23.7 Å². The Balaban J connectivity index is 1.33. The SMILES string of the molecule is COc1ccc(N2C(=O)NC(=O)/C(=C\c3ccc(OCc4cccc5ccccc45)cc3)C2=O)cc1. The van der Waals surface area contributed by atoms with Gasteiger partial charge in [-0.05, 0) is 64.4 Å². The second-order valence-corrected chi connectivity index (χ2v) is 8.15. The average molecular weight is 479 g/mol. The molecule has 1 heterocycles. The van der Waals surface area contributed by atoms with Crippen LogP contribution < -0.4 is 19.7 Å². The molecule has 36 heavy (non-hydrogen) atoms. The smallest absolute Gasteiger partial charge is 0.335 e. The molecule has 1 N–H and O–H groups in total. The molecule has 4 amide bonds. The van der Waals surface area contributed by atoms with Crippen LogP contribution in [-0.2, 0) is 16.2 Å². The molecule has 5 rings (SSSR count). The highest BCUT2D eigenvalue weighted by Gasteiger charge is 2.36. The van der Waals surface area contributed by atoms with Gasteiger partial charge in [0, 0.05) is 0 Å². The summed E-state index contributed by atoms with van der Waals surface area (Å²) in [6, 6.07) is 26.9. The molecular formula is C29H22N2O5. The van der Waals surface area contributed by atoms with Crippen LogP contribution in [0.5, 0.6) is 11.5 Å². The monoisotopic (exact) mass is 478 g/mol. The van der Waals surface area contributed by atoms with Crippen LogP contribution in [0.4, 0.5) is 10.5 Å². The lowest BCUT2D eigenvalue weighted by molar-refractivity contribution is -0.122. The Labute approximate surface area is 207 Å². The normalized spacial score (nSPS) is 14.8. The van der Waals surface area contributed by atoms with Crippen molar-refractivity contribution in [2.24, 2.45) is 0 Å². The number of rotatable bonds is 6. The molecule has 0 aromatic heterocycles. The van der Waals surface area contributed by atoms with Crippen molar-refractivity contribution in [3.05, 3.63) is 108 Å². The van der Waals surface area contributed by atoms with Gasteiger partial charge in [-0.2, -0.15) is 0 Å². The van der Waals surface area contributed by atoms with Crippen LogP contribution in [0.15, 0.2) is 96.6 Å². The first-order valence-electron chi connectivity index (χ1n) is 11.3. The molecule has 1 aliphatic rings. The highest BCUT2D eigenvalue weighted by Crippen LogP contribution is 2.25. The highest BCUT2D eigenvalue weighted by atomic mass is 16.5. The molecular weight excluding hydrogens is 456 g/mol. The minimum atomic E-state index is -0.801. The summed E-state index contributed by atoms with van der Waals surface area (Å²) in [6.07, 6.45) is 1.45. The van der Waals surface area contributed by atoms with E-state index in [2.05, 4.69) is 23.5 Å². The lowest BCUT2D eigenvalue weighted by Gasteiger charge is -2.26. The van der Waals surface area contributed by atoms with Gasteiger partial charge >= 0.3 is 6.03 Å². The van der Waals surface area contributed by atoms with Gasteiger partial charge < -0.3 is 9.47 Å². The summed E-state index contributed by atoms with van der Waals surface area (Å²) < 4.78 is 11.1. The number of urea groups is 1. The Bertz CT molecular complexity index is 1490. The molecule has 1 saturated heterocycles. The molecule has 0 unspecified atom stereocenters. The summed E-state index contributed by atoms with van der Waals surface area (Å²) in [5.41, 5.74) is 1.88. The van der Waals surface area contributed by atoms with Crippen molar-refractivity contribution in [2.75, 3.05) is 12.0 Å². The molecule has 4 aromatic carbocycles. The van der Waals surface area contributed by atoms with Gasteiger partial charge in [-0.15, -0.1) is 0 Å². The number of carbonyl (C=O) groups excluding carboxylic acids is 3. The lowest BCUT2D eigenvalue weighted by atomic mass is 10.1. The topological polar surface area (TPSA) is 84.9 Å². The van der Waals surface area contributed by atoms with E-state index in [1.165, 1.54) is 13.2 Å². The number of fused-ring (bicyclic) bond motifs is 1. The van der Waals surface area contributed by atoms with E-state index < -0.39 is 17.8 Å². The van der Waals surface area contributed by atoms with Crippen molar-refractivity contribution in [1.82, 2.24) is 5.32 Å². The van der Waals surface area contributed by atoms with Gasteiger partial charge in [-0.3, -0.25) is 14.9 Å². The average Bonchev–Trinajstić information content (AvgIpc) is 2.91. The molecule has 4 aromatic rings. The Kier molecular flexibility index (Phi) is 6.19. The maximum absolute atomic E-state index is 13.1. The highest BCUT2D eigenvalue weighted by molar-refractivity contribution is 6.39. The number of nitrogens with one attached hydrogen (secondary N) is 1. The van der Waals surface area contributed by atoms with Crippen molar-refractivity contribution in [3.8, 4) is 11.5 Å². The third-order valence-electron chi connectivity index (χ3n) is 5.90. The zero-order chi connectivity index (χ0) is 25.1. The number of hydrogen-bond donors (Lipinski definition) is 1. The molecule has 178 valence electrons. The number of anilines is 1. The van der Waals surface area contributed by atoms with Crippen molar-refractivity contribution >= 4 is 40.4 Å². The van der Waals surface area contributed by atoms with E-state index >= 15 is 0 Å². The van der Waals surface area contributed by atoms with Crippen LogP contribution in [0, 0.1) is 0 Å². The number of imide groups is 2. The van der Waals surface area contributed by atoms with Gasteiger partial charge in [-0.1, -0.05) is 54.6 Å². The Morgan fingerprint density at radius 1 is 0.806 bits per heavy atom. The van der Waals surface area contributed by atoms with E-state index in [1.54, 1.807) is 48.5 Å². The van der Waals surface area contributed by atoms with E-state index in [0.717, 1.165) is 21.2 Å².